The lowest BCUT2D eigenvalue weighted by Gasteiger charge is -2.29. The molecule has 2 aliphatic heterocycles. The zero-order chi connectivity index (χ0) is 42.9. The van der Waals surface area contributed by atoms with Crippen molar-refractivity contribution in [2.75, 3.05) is 31.1 Å². The van der Waals surface area contributed by atoms with Crippen LogP contribution in [0.2, 0.25) is 0 Å². The molecule has 1 N–H and O–H groups in total. The minimum Gasteiger partial charge on any atom is -0.481 e. The van der Waals surface area contributed by atoms with Crippen molar-refractivity contribution in [2.45, 2.75) is 51.4 Å². The average Bonchev–Trinajstić information content (AvgIpc) is 3.67. The average molecular weight is 804 g/mol. The number of benzene rings is 6. The quantitative estimate of drug-likeness (QED) is 0.0237. The van der Waals surface area contributed by atoms with Gasteiger partial charge in [-0.1, -0.05) is 123 Å². The highest BCUT2D eigenvalue weighted by molar-refractivity contribution is 6.20. The molecule has 0 aromatic heterocycles. The van der Waals surface area contributed by atoms with Crippen LogP contribution < -0.4 is 4.90 Å². The molecule has 0 aliphatic carbocycles. The van der Waals surface area contributed by atoms with Gasteiger partial charge in [0, 0.05) is 22.1 Å². The minimum absolute atomic E-state index is 0.105. The summed E-state index contributed by atoms with van der Waals surface area (Å²) in [7, 11) is 0. The van der Waals surface area contributed by atoms with Gasteiger partial charge in [-0.3, -0.25) is 9.59 Å². The molecule has 1 unspecified atom stereocenters. The maximum Gasteiger partial charge on any atom is 0.309 e. The number of aliphatic carboxylic acids is 1. The van der Waals surface area contributed by atoms with Crippen LogP contribution in [0, 0.1) is 17.9 Å². The van der Waals surface area contributed by atoms with Gasteiger partial charge in [-0.15, -0.1) is 0 Å². The Hall–Kier alpha value is -7.29. The first-order valence-electron chi connectivity index (χ1n) is 20.6. The van der Waals surface area contributed by atoms with Crippen LogP contribution in [0.3, 0.4) is 0 Å². The lowest BCUT2D eigenvalue weighted by Crippen LogP contribution is -2.41. The molecule has 2 heterocycles. The molecule has 1 atom stereocenters. The minimum atomic E-state index is -0.922. The molecular formula is C53H47N4O4+. The number of nitriles is 1. The number of carbonyl (C=O) groups excluding carboxylic acids is 1. The summed E-state index contributed by atoms with van der Waals surface area (Å²) in [6.07, 6.45) is 4.18. The molecule has 0 bridgehead atoms. The first-order chi connectivity index (χ1) is 29.5. The van der Waals surface area contributed by atoms with Gasteiger partial charge in [0.05, 0.1) is 34.8 Å². The predicted octanol–water partition coefficient (Wildman–Crippen LogP) is 10.8. The summed E-state index contributed by atoms with van der Waals surface area (Å²) in [4.78, 5) is 30.1. The Morgan fingerprint density at radius 2 is 1.51 bits per heavy atom. The van der Waals surface area contributed by atoms with E-state index in [1.807, 2.05) is 80.6 Å². The van der Waals surface area contributed by atoms with Crippen molar-refractivity contribution >= 4 is 61.8 Å². The molecule has 0 radical (unpaired) electrons. The number of carbonyl (C=O) groups is 2. The Balaban J connectivity index is 1.38. The molecule has 8 heteroatoms. The van der Waals surface area contributed by atoms with Crippen LogP contribution in [-0.4, -0.2) is 54.1 Å². The van der Waals surface area contributed by atoms with Crippen molar-refractivity contribution in [3.05, 3.63) is 178 Å². The Kier molecular flexibility index (Phi) is 10.9. The van der Waals surface area contributed by atoms with Gasteiger partial charge in [-0.25, -0.2) is 6.57 Å². The number of fused-ring (bicyclic) bond motifs is 9. The number of carboxylic acids is 1. The second-order valence-corrected chi connectivity index (χ2v) is 16.5. The van der Waals surface area contributed by atoms with Gasteiger partial charge in [0.15, 0.2) is 12.0 Å². The van der Waals surface area contributed by atoms with E-state index in [0.29, 0.717) is 25.0 Å². The number of ether oxygens (including phenoxy) is 1. The van der Waals surface area contributed by atoms with Crippen LogP contribution in [0.4, 0.5) is 11.4 Å². The number of hydrogen-bond donors (Lipinski definition) is 1. The monoisotopic (exact) mass is 803 g/mol. The fourth-order valence-electron chi connectivity index (χ4n) is 10.3. The van der Waals surface area contributed by atoms with E-state index in [0.717, 1.165) is 82.9 Å². The second-order valence-electron chi connectivity index (χ2n) is 16.5. The molecule has 6 aromatic rings. The van der Waals surface area contributed by atoms with Crippen LogP contribution in [0.15, 0.2) is 150 Å². The van der Waals surface area contributed by atoms with Gasteiger partial charge < -0.3 is 19.6 Å². The normalized spacial score (nSPS) is 17.9. The number of hydrogen-bond acceptors (Lipinski definition) is 5. The maximum atomic E-state index is 12.4. The molecule has 0 fully saturated rings. The van der Waals surface area contributed by atoms with E-state index in [2.05, 4.69) is 94.9 Å². The summed E-state index contributed by atoms with van der Waals surface area (Å²) in [6.45, 7) is 18.2. The molecule has 6 aromatic carbocycles. The zero-order valence-electron chi connectivity index (χ0n) is 34.9. The van der Waals surface area contributed by atoms with Crippen molar-refractivity contribution < 1.29 is 24.0 Å². The summed E-state index contributed by atoms with van der Waals surface area (Å²) in [5, 5.41) is 27.4. The van der Waals surface area contributed by atoms with Gasteiger partial charge in [0.1, 0.15) is 13.0 Å². The zero-order valence-corrected chi connectivity index (χ0v) is 34.9. The van der Waals surface area contributed by atoms with Crippen molar-refractivity contribution in [2.24, 2.45) is 0 Å². The molecule has 2 aliphatic rings. The second kappa shape index (κ2) is 16.4. The number of allylic oxidation sites excluding steroid dienone is 6. The lowest BCUT2D eigenvalue weighted by atomic mass is 9.69. The topological polar surface area (TPSA) is 98.0 Å². The molecule has 0 saturated heterocycles. The SMILES string of the molecule is [C-]#[N+]CC1(Cc2ccccc2)C(/C(C)=C/C(C#N)=C/C(C)=C2\N(CCOC=O)c3c(ccc4ccccc34)C2(C)C)=[N+](CCC(=O)O)c2c1c1ccccc1c1ccccc21. The van der Waals surface area contributed by atoms with E-state index in [1.54, 1.807) is 0 Å². The van der Waals surface area contributed by atoms with Crippen LogP contribution >= 0.6 is 0 Å². The summed E-state index contributed by atoms with van der Waals surface area (Å²) >= 11 is 0. The Morgan fingerprint density at radius 1 is 0.869 bits per heavy atom. The van der Waals surface area contributed by atoms with E-state index >= 15 is 0 Å². The van der Waals surface area contributed by atoms with Crippen LogP contribution in [0.1, 0.15) is 50.8 Å². The Morgan fingerprint density at radius 3 is 2.18 bits per heavy atom. The lowest BCUT2D eigenvalue weighted by molar-refractivity contribution is -0.435. The van der Waals surface area contributed by atoms with E-state index < -0.39 is 16.8 Å². The van der Waals surface area contributed by atoms with Gasteiger partial charge in [0.25, 0.3) is 6.47 Å². The highest BCUT2D eigenvalue weighted by atomic mass is 16.5. The third-order valence-corrected chi connectivity index (χ3v) is 12.5. The number of carboxylic acid groups (broad SMARTS) is 1. The maximum absolute atomic E-state index is 12.4. The van der Waals surface area contributed by atoms with Gasteiger partial charge in [-0.2, -0.15) is 9.84 Å². The van der Waals surface area contributed by atoms with Crippen molar-refractivity contribution in [1.82, 2.24) is 0 Å². The van der Waals surface area contributed by atoms with E-state index in [-0.39, 0.29) is 26.1 Å². The van der Waals surface area contributed by atoms with E-state index in [9.17, 15) is 20.0 Å². The summed E-state index contributed by atoms with van der Waals surface area (Å²) in [6, 6.07) is 41.7. The van der Waals surface area contributed by atoms with E-state index in [4.69, 9.17) is 11.3 Å². The number of rotatable bonds is 13. The van der Waals surface area contributed by atoms with Crippen molar-refractivity contribution in [1.29, 1.82) is 5.26 Å². The van der Waals surface area contributed by atoms with E-state index in [1.165, 1.54) is 0 Å². The third-order valence-electron chi connectivity index (χ3n) is 12.5. The van der Waals surface area contributed by atoms with Gasteiger partial charge in [-0.05, 0) is 76.7 Å². The molecule has 302 valence electrons. The fourth-order valence-corrected chi connectivity index (χ4v) is 10.3. The third kappa shape index (κ3) is 6.94. The first kappa shape index (κ1) is 40.5. The molecule has 61 heavy (non-hydrogen) atoms. The molecule has 8 rings (SSSR count). The Labute approximate surface area is 356 Å². The van der Waals surface area contributed by atoms with Crippen LogP contribution in [0.25, 0.3) is 37.2 Å². The number of nitrogens with zero attached hydrogens (tertiary/aromatic N) is 4. The van der Waals surface area contributed by atoms with Crippen LogP contribution in [-0.2, 0) is 31.6 Å². The molecule has 8 nitrogen and oxygen atoms in total. The van der Waals surface area contributed by atoms with Gasteiger partial charge >= 0.3 is 5.97 Å². The molecule has 0 saturated carbocycles. The molecule has 0 amide bonds. The predicted molar refractivity (Wildman–Crippen MR) is 243 cm³/mol. The number of anilines is 1. The van der Waals surface area contributed by atoms with Crippen LogP contribution in [0.5, 0.6) is 0 Å². The highest BCUT2D eigenvalue weighted by Crippen LogP contribution is 2.53. The molecular weight excluding hydrogens is 757 g/mol. The molecule has 0 spiro atoms. The summed E-state index contributed by atoms with van der Waals surface area (Å²) < 4.78 is 7.38. The standard InChI is InChI=1S/C53H46N4O4/c1-35(50-52(3,4)45-24-23-39-17-9-10-18-40(39)48(45)57(50)27-28-61-34-58)29-38(32-54)30-36(2)51-53(33-55-5,31-37-15-7-6-8-16-37)47-43-21-13-11-19-41(43)42-20-12-14-22-44(42)49(47)56(51)26-25-46(59)60/h6-24,29-30,34H,25-28,31,33H2,1-4H3/p+1. The largest absolute Gasteiger partial charge is 0.481 e. The van der Waals surface area contributed by atoms with Crippen molar-refractivity contribution in [3.63, 3.8) is 0 Å². The summed E-state index contributed by atoms with van der Waals surface area (Å²) in [5.41, 5.74) is 7.69. The first-order valence-corrected chi connectivity index (χ1v) is 20.6. The smallest absolute Gasteiger partial charge is 0.309 e. The summed E-state index contributed by atoms with van der Waals surface area (Å²) in [5.74, 6) is -0.922. The Bertz CT molecular complexity index is 2980. The van der Waals surface area contributed by atoms with Gasteiger partial charge in [0.2, 0.25) is 17.9 Å². The fraction of sp³-hybridized carbons (Fsp3) is 0.226. The highest BCUT2D eigenvalue weighted by Gasteiger charge is 2.57. The van der Waals surface area contributed by atoms with Crippen molar-refractivity contribution in [3.8, 4) is 6.07 Å².